The van der Waals surface area contributed by atoms with Gasteiger partial charge in [0.15, 0.2) is 0 Å². The topological polar surface area (TPSA) is 45.2 Å². The van der Waals surface area contributed by atoms with E-state index in [0.29, 0.717) is 0 Å². The third-order valence-electron chi connectivity index (χ3n) is 5.49. The summed E-state index contributed by atoms with van der Waals surface area (Å²) in [6.07, 6.45) is 5.80. The quantitative estimate of drug-likeness (QED) is 0.851. The smallest absolute Gasteiger partial charge is 0.135 e. The first-order valence-corrected chi connectivity index (χ1v) is 8.67. The zero-order valence-electron chi connectivity index (χ0n) is 13.7. The lowest BCUT2D eigenvalue weighted by atomic mass is 9.72. The SMILES string of the molecule is Cc1cnc2c(c1)CCc1ccccc1C2(O)C1CCNCC1. The summed E-state index contributed by atoms with van der Waals surface area (Å²) in [7, 11) is 0. The van der Waals surface area contributed by atoms with Gasteiger partial charge >= 0.3 is 0 Å². The van der Waals surface area contributed by atoms with Gasteiger partial charge in [0.1, 0.15) is 5.60 Å². The monoisotopic (exact) mass is 308 g/mol. The van der Waals surface area contributed by atoms with Crippen molar-refractivity contribution in [3.8, 4) is 0 Å². The fourth-order valence-corrected chi connectivity index (χ4v) is 4.32. The second-order valence-electron chi connectivity index (χ2n) is 6.97. The number of rotatable bonds is 1. The fraction of sp³-hybridized carbons (Fsp3) is 0.450. The van der Waals surface area contributed by atoms with E-state index in [1.807, 2.05) is 12.3 Å². The summed E-state index contributed by atoms with van der Waals surface area (Å²) < 4.78 is 0. The van der Waals surface area contributed by atoms with Gasteiger partial charge in [0, 0.05) is 12.1 Å². The van der Waals surface area contributed by atoms with Gasteiger partial charge < -0.3 is 10.4 Å². The van der Waals surface area contributed by atoms with Crippen LogP contribution in [0.2, 0.25) is 0 Å². The molecule has 1 aromatic heterocycles. The summed E-state index contributed by atoms with van der Waals surface area (Å²) in [4.78, 5) is 4.74. The van der Waals surface area contributed by atoms with Gasteiger partial charge in [-0.2, -0.15) is 0 Å². The number of benzene rings is 1. The number of hydrogen-bond donors (Lipinski definition) is 2. The van der Waals surface area contributed by atoms with Crippen molar-refractivity contribution in [2.75, 3.05) is 13.1 Å². The molecule has 2 heterocycles. The van der Waals surface area contributed by atoms with E-state index in [1.54, 1.807) is 0 Å². The van der Waals surface area contributed by atoms with E-state index < -0.39 is 5.60 Å². The number of piperidine rings is 1. The normalized spacial score (nSPS) is 24.6. The molecule has 0 spiro atoms. The average Bonchev–Trinajstić information content (AvgIpc) is 2.72. The van der Waals surface area contributed by atoms with Crippen LogP contribution in [-0.4, -0.2) is 23.2 Å². The molecule has 1 saturated heterocycles. The molecule has 0 saturated carbocycles. The highest BCUT2D eigenvalue weighted by Crippen LogP contribution is 2.44. The Bertz CT molecular complexity index is 721. The lowest BCUT2D eigenvalue weighted by molar-refractivity contribution is -0.00196. The first-order valence-electron chi connectivity index (χ1n) is 8.67. The number of pyridine rings is 1. The molecule has 1 atom stereocenters. The maximum Gasteiger partial charge on any atom is 0.135 e. The van der Waals surface area contributed by atoms with Gasteiger partial charge in [0.2, 0.25) is 0 Å². The van der Waals surface area contributed by atoms with Crippen LogP contribution in [0.5, 0.6) is 0 Å². The predicted octanol–water partition coefficient (Wildman–Crippen LogP) is 2.72. The van der Waals surface area contributed by atoms with Crippen molar-refractivity contribution in [2.45, 2.75) is 38.2 Å². The number of nitrogens with zero attached hydrogens (tertiary/aromatic N) is 1. The van der Waals surface area contributed by atoms with E-state index in [4.69, 9.17) is 4.98 Å². The number of aliphatic hydroxyl groups is 1. The van der Waals surface area contributed by atoms with Gasteiger partial charge in [-0.1, -0.05) is 30.3 Å². The van der Waals surface area contributed by atoms with Crippen molar-refractivity contribution in [1.82, 2.24) is 10.3 Å². The lowest BCUT2D eigenvalue weighted by Crippen LogP contribution is -2.43. The minimum absolute atomic E-state index is 0.219. The minimum atomic E-state index is -0.960. The Morgan fingerprint density at radius 1 is 1.13 bits per heavy atom. The summed E-state index contributed by atoms with van der Waals surface area (Å²) >= 11 is 0. The Morgan fingerprint density at radius 2 is 1.87 bits per heavy atom. The summed E-state index contributed by atoms with van der Waals surface area (Å²) in [6, 6.07) is 10.6. The molecule has 4 rings (SSSR count). The molecule has 1 unspecified atom stereocenters. The van der Waals surface area contributed by atoms with Crippen molar-refractivity contribution in [2.24, 2.45) is 5.92 Å². The van der Waals surface area contributed by atoms with Crippen molar-refractivity contribution < 1.29 is 5.11 Å². The van der Waals surface area contributed by atoms with Crippen LogP contribution in [0.3, 0.4) is 0 Å². The standard InChI is InChI=1S/C20H24N2O/c1-14-12-16-7-6-15-4-2-3-5-18(15)20(23,19(16)22-13-14)17-8-10-21-11-9-17/h2-5,12-13,17,21,23H,6-11H2,1H3. The summed E-state index contributed by atoms with van der Waals surface area (Å²) in [6.45, 7) is 4.02. The van der Waals surface area contributed by atoms with Crippen LogP contribution in [0, 0.1) is 12.8 Å². The predicted molar refractivity (Wildman–Crippen MR) is 91.4 cm³/mol. The number of fused-ring (bicyclic) bond motifs is 2. The van der Waals surface area contributed by atoms with Crippen LogP contribution in [-0.2, 0) is 18.4 Å². The van der Waals surface area contributed by atoms with Crippen molar-refractivity contribution in [1.29, 1.82) is 0 Å². The number of nitrogens with one attached hydrogen (secondary N) is 1. The van der Waals surface area contributed by atoms with Gasteiger partial charge in [-0.3, -0.25) is 4.98 Å². The van der Waals surface area contributed by atoms with E-state index in [9.17, 15) is 5.11 Å². The van der Waals surface area contributed by atoms with Gasteiger partial charge in [0.25, 0.3) is 0 Å². The molecule has 3 nitrogen and oxygen atoms in total. The highest BCUT2D eigenvalue weighted by molar-refractivity contribution is 5.46. The van der Waals surface area contributed by atoms with E-state index in [1.165, 1.54) is 16.7 Å². The maximum absolute atomic E-state index is 12.0. The third kappa shape index (κ3) is 2.39. The van der Waals surface area contributed by atoms with Crippen LogP contribution >= 0.6 is 0 Å². The van der Waals surface area contributed by atoms with Gasteiger partial charge in [0.05, 0.1) is 5.69 Å². The molecular weight excluding hydrogens is 284 g/mol. The number of aryl methyl sites for hydroxylation is 3. The van der Waals surface area contributed by atoms with Crippen LogP contribution < -0.4 is 5.32 Å². The summed E-state index contributed by atoms with van der Waals surface area (Å²) in [5.41, 5.74) is 4.65. The highest BCUT2D eigenvalue weighted by Gasteiger charge is 2.45. The fourth-order valence-electron chi connectivity index (χ4n) is 4.32. The lowest BCUT2D eigenvalue weighted by Gasteiger charge is -2.39. The molecule has 0 amide bonds. The summed E-state index contributed by atoms with van der Waals surface area (Å²) in [5.74, 6) is 0.219. The Morgan fingerprint density at radius 3 is 2.70 bits per heavy atom. The molecule has 0 bridgehead atoms. The molecule has 1 fully saturated rings. The first-order chi connectivity index (χ1) is 11.2. The molecule has 3 heteroatoms. The van der Waals surface area contributed by atoms with E-state index >= 15 is 0 Å². The van der Waals surface area contributed by atoms with Crippen LogP contribution in [0.25, 0.3) is 0 Å². The first kappa shape index (κ1) is 14.9. The molecule has 23 heavy (non-hydrogen) atoms. The Labute approximate surface area is 137 Å². The highest BCUT2D eigenvalue weighted by atomic mass is 16.3. The molecule has 2 aromatic rings. The Hall–Kier alpha value is -1.71. The minimum Gasteiger partial charge on any atom is -0.378 e. The maximum atomic E-state index is 12.0. The van der Waals surface area contributed by atoms with Crippen LogP contribution in [0.1, 0.15) is 40.8 Å². The van der Waals surface area contributed by atoms with E-state index in [0.717, 1.165) is 50.0 Å². The van der Waals surface area contributed by atoms with Crippen LogP contribution in [0.15, 0.2) is 36.5 Å². The second kappa shape index (κ2) is 5.73. The van der Waals surface area contributed by atoms with Gasteiger partial charge in [-0.05, 0) is 68.0 Å². The molecule has 0 radical (unpaired) electrons. The van der Waals surface area contributed by atoms with E-state index in [-0.39, 0.29) is 5.92 Å². The number of aromatic nitrogens is 1. The zero-order valence-corrected chi connectivity index (χ0v) is 13.7. The zero-order chi connectivity index (χ0) is 15.9. The Kier molecular flexibility index (Phi) is 3.70. The molecular formula is C20H24N2O. The number of hydrogen-bond acceptors (Lipinski definition) is 3. The van der Waals surface area contributed by atoms with E-state index in [2.05, 4.69) is 36.5 Å². The third-order valence-corrected chi connectivity index (χ3v) is 5.49. The Balaban J connectivity index is 1.94. The average molecular weight is 308 g/mol. The van der Waals surface area contributed by atoms with Gasteiger partial charge in [-0.25, -0.2) is 0 Å². The van der Waals surface area contributed by atoms with Crippen molar-refractivity contribution in [3.63, 3.8) is 0 Å². The molecule has 1 aliphatic heterocycles. The molecule has 120 valence electrons. The van der Waals surface area contributed by atoms with Crippen molar-refractivity contribution in [3.05, 3.63) is 64.5 Å². The van der Waals surface area contributed by atoms with Gasteiger partial charge in [-0.15, -0.1) is 0 Å². The van der Waals surface area contributed by atoms with Crippen molar-refractivity contribution >= 4 is 0 Å². The largest absolute Gasteiger partial charge is 0.378 e. The molecule has 1 aliphatic carbocycles. The molecule has 2 N–H and O–H groups in total. The molecule has 1 aromatic carbocycles. The second-order valence-corrected chi connectivity index (χ2v) is 6.97. The molecule has 2 aliphatic rings. The summed E-state index contributed by atoms with van der Waals surface area (Å²) in [5, 5.41) is 15.4. The van der Waals surface area contributed by atoms with Crippen LogP contribution in [0.4, 0.5) is 0 Å².